The molecular weight excluding hydrogens is 276 g/mol. The SMILES string of the molecule is Cn1ccc(CN[C@H](c2ccc3c(c2)OCCO3)C2CC2)c1. The molecule has 2 heterocycles. The van der Waals surface area contributed by atoms with Crippen molar-refractivity contribution in [2.75, 3.05) is 13.2 Å². The maximum Gasteiger partial charge on any atom is 0.161 e. The van der Waals surface area contributed by atoms with Crippen LogP contribution in [-0.4, -0.2) is 17.8 Å². The lowest BCUT2D eigenvalue weighted by Gasteiger charge is -2.23. The highest BCUT2D eigenvalue weighted by Crippen LogP contribution is 2.43. The van der Waals surface area contributed by atoms with E-state index in [9.17, 15) is 0 Å². The summed E-state index contributed by atoms with van der Waals surface area (Å²) in [6.45, 7) is 2.18. The first-order valence-corrected chi connectivity index (χ1v) is 8.03. The van der Waals surface area contributed by atoms with Crippen LogP contribution < -0.4 is 14.8 Å². The molecule has 1 saturated carbocycles. The summed E-state index contributed by atoms with van der Waals surface area (Å²) in [6.07, 6.45) is 6.87. The largest absolute Gasteiger partial charge is 0.486 e. The van der Waals surface area contributed by atoms with Gasteiger partial charge in [0.1, 0.15) is 13.2 Å². The lowest BCUT2D eigenvalue weighted by atomic mass is 10.0. The lowest BCUT2D eigenvalue weighted by Crippen LogP contribution is -2.23. The Balaban J connectivity index is 1.51. The fourth-order valence-corrected chi connectivity index (χ4v) is 3.13. The van der Waals surface area contributed by atoms with E-state index in [0.29, 0.717) is 19.3 Å². The molecule has 0 unspecified atom stereocenters. The first kappa shape index (κ1) is 13.7. The maximum absolute atomic E-state index is 5.72. The zero-order valence-corrected chi connectivity index (χ0v) is 12.9. The van der Waals surface area contributed by atoms with Gasteiger partial charge in [-0.1, -0.05) is 6.07 Å². The van der Waals surface area contributed by atoms with Gasteiger partial charge in [0.15, 0.2) is 11.5 Å². The van der Waals surface area contributed by atoms with Gasteiger partial charge in [0.25, 0.3) is 0 Å². The molecule has 4 nitrogen and oxygen atoms in total. The summed E-state index contributed by atoms with van der Waals surface area (Å²) in [7, 11) is 2.06. The summed E-state index contributed by atoms with van der Waals surface area (Å²) in [6, 6.07) is 8.93. The number of nitrogens with zero attached hydrogens (tertiary/aromatic N) is 1. The molecule has 116 valence electrons. The average molecular weight is 298 g/mol. The summed E-state index contributed by atoms with van der Waals surface area (Å²) < 4.78 is 13.4. The number of aryl methyl sites for hydroxylation is 1. The fourth-order valence-electron chi connectivity index (χ4n) is 3.13. The summed E-state index contributed by atoms with van der Waals surface area (Å²) in [5.74, 6) is 2.50. The van der Waals surface area contributed by atoms with Crippen LogP contribution in [0.25, 0.3) is 0 Å². The number of aromatic nitrogens is 1. The second kappa shape index (κ2) is 5.69. The molecule has 22 heavy (non-hydrogen) atoms. The molecule has 1 atom stereocenters. The maximum atomic E-state index is 5.72. The molecule has 0 amide bonds. The Bertz CT molecular complexity index is 661. The van der Waals surface area contributed by atoms with Crippen LogP contribution in [0, 0.1) is 5.92 Å². The van der Waals surface area contributed by atoms with Crippen LogP contribution in [-0.2, 0) is 13.6 Å². The highest BCUT2D eigenvalue weighted by molar-refractivity contribution is 5.45. The van der Waals surface area contributed by atoms with E-state index in [1.165, 1.54) is 24.0 Å². The minimum Gasteiger partial charge on any atom is -0.486 e. The van der Waals surface area contributed by atoms with Crippen LogP contribution >= 0.6 is 0 Å². The van der Waals surface area contributed by atoms with E-state index in [-0.39, 0.29) is 0 Å². The Labute approximate surface area is 131 Å². The number of hydrogen-bond acceptors (Lipinski definition) is 3. The number of benzene rings is 1. The normalized spacial score (nSPS) is 18.2. The standard InChI is InChI=1S/C18H22N2O2/c1-20-7-6-13(12-20)11-19-18(14-2-3-14)15-4-5-16-17(10-15)22-9-8-21-16/h4-7,10,12,14,18-19H,2-3,8-9,11H2,1H3/t18-/m0/s1. The Morgan fingerprint density at radius 3 is 2.73 bits per heavy atom. The van der Waals surface area contributed by atoms with Gasteiger partial charge in [0.2, 0.25) is 0 Å². The first-order valence-electron chi connectivity index (χ1n) is 8.03. The van der Waals surface area contributed by atoms with Crippen molar-refractivity contribution < 1.29 is 9.47 Å². The van der Waals surface area contributed by atoms with Crippen LogP contribution in [0.5, 0.6) is 11.5 Å². The van der Waals surface area contributed by atoms with Crippen molar-refractivity contribution in [1.29, 1.82) is 0 Å². The van der Waals surface area contributed by atoms with Gasteiger partial charge in [-0.05, 0) is 48.1 Å². The van der Waals surface area contributed by atoms with E-state index >= 15 is 0 Å². The van der Waals surface area contributed by atoms with Gasteiger partial charge >= 0.3 is 0 Å². The molecule has 1 aromatic heterocycles. The second-order valence-corrected chi connectivity index (χ2v) is 6.28. The zero-order chi connectivity index (χ0) is 14.9. The quantitative estimate of drug-likeness (QED) is 0.921. The van der Waals surface area contributed by atoms with Gasteiger partial charge in [0, 0.05) is 32.0 Å². The molecule has 1 aromatic carbocycles. The van der Waals surface area contributed by atoms with E-state index in [0.717, 1.165) is 24.0 Å². The Hall–Kier alpha value is -1.94. The monoisotopic (exact) mass is 298 g/mol. The molecule has 0 spiro atoms. The van der Waals surface area contributed by atoms with E-state index in [4.69, 9.17) is 9.47 Å². The molecule has 1 aliphatic carbocycles. The number of ether oxygens (including phenoxy) is 2. The third-order valence-corrected chi connectivity index (χ3v) is 4.44. The highest BCUT2D eigenvalue weighted by Gasteiger charge is 2.32. The van der Waals surface area contributed by atoms with E-state index in [1.807, 2.05) is 6.07 Å². The molecule has 0 radical (unpaired) electrons. The van der Waals surface area contributed by atoms with Gasteiger partial charge in [-0.3, -0.25) is 0 Å². The van der Waals surface area contributed by atoms with Crippen LogP contribution in [0.2, 0.25) is 0 Å². The number of rotatable bonds is 5. The van der Waals surface area contributed by atoms with Gasteiger partial charge in [-0.2, -0.15) is 0 Å². The van der Waals surface area contributed by atoms with Crippen molar-refractivity contribution in [2.45, 2.75) is 25.4 Å². The lowest BCUT2D eigenvalue weighted by molar-refractivity contribution is 0.171. The van der Waals surface area contributed by atoms with E-state index in [2.05, 4.69) is 47.5 Å². The van der Waals surface area contributed by atoms with Crippen LogP contribution in [0.4, 0.5) is 0 Å². The van der Waals surface area contributed by atoms with Gasteiger partial charge < -0.3 is 19.4 Å². The number of nitrogens with one attached hydrogen (secondary N) is 1. The average Bonchev–Trinajstić information content (AvgIpc) is 3.29. The summed E-state index contributed by atoms with van der Waals surface area (Å²) in [5.41, 5.74) is 2.63. The molecule has 4 rings (SSSR count). The summed E-state index contributed by atoms with van der Waals surface area (Å²) in [4.78, 5) is 0. The minimum absolute atomic E-state index is 0.399. The summed E-state index contributed by atoms with van der Waals surface area (Å²) >= 11 is 0. The van der Waals surface area contributed by atoms with Crippen molar-refractivity contribution >= 4 is 0 Å². The smallest absolute Gasteiger partial charge is 0.161 e. The van der Waals surface area contributed by atoms with E-state index in [1.54, 1.807) is 0 Å². The second-order valence-electron chi connectivity index (χ2n) is 6.28. The Morgan fingerprint density at radius 2 is 2.00 bits per heavy atom. The van der Waals surface area contributed by atoms with Crippen molar-refractivity contribution in [2.24, 2.45) is 13.0 Å². The fraction of sp³-hybridized carbons (Fsp3) is 0.444. The number of hydrogen-bond donors (Lipinski definition) is 1. The van der Waals surface area contributed by atoms with E-state index < -0.39 is 0 Å². The predicted molar refractivity (Wildman–Crippen MR) is 85.1 cm³/mol. The minimum atomic E-state index is 0.399. The predicted octanol–water partition coefficient (Wildman–Crippen LogP) is 3.04. The van der Waals surface area contributed by atoms with Crippen LogP contribution in [0.3, 0.4) is 0 Å². The molecule has 1 fully saturated rings. The number of fused-ring (bicyclic) bond motifs is 1. The molecule has 0 bridgehead atoms. The molecule has 4 heteroatoms. The van der Waals surface area contributed by atoms with Crippen LogP contribution in [0.1, 0.15) is 30.0 Å². The Kier molecular flexibility index (Phi) is 3.54. The molecule has 1 N–H and O–H groups in total. The van der Waals surface area contributed by atoms with Crippen molar-refractivity contribution in [3.05, 3.63) is 47.8 Å². The molecule has 1 aliphatic heterocycles. The van der Waals surface area contributed by atoms with Gasteiger partial charge in [-0.25, -0.2) is 0 Å². The molecule has 2 aromatic rings. The van der Waals surface area contributed by atoms with Crippen LogP contribution in [0.15, 0.2) is 36.7 Å². The Morgan fingerprint density at radius 1 is 1.18 bits per heavy atom. The first-order chi connectivity index (χ1) is 10.8. The molecule has 0 saturated heterocycles. The highest BCUT2D eigenvalue weighted by atomic mass is 16.6. The van der Waals surface area contributed by atoms with Crippen molar-refractivity contribution in [3.8, 4) is 11.5 Å². The van der Waals surface area contributed by atoms with Crippen molar-refractivity contribution in [1.82, 2.24) is 9.88 Å². The van der Waals surface area contributed by atoms with Gasteiger partial charge in [0.05, 0.1) is 0 Å². The molecule has 2 aliphatic rings. The third-order valence-electron chi connectivity index (χ3n) is 4.44. The zero-order valence-electron chi connectivity index (χ0n) is 12.9. The third kappa shape index (κ3) is 2.83. The summed E-state index contributed by atoms with van der Waals surface area (Å²) in [5, 5.41) is 3.72. The van der Waals surface area contributed by atoms with Crippen molar-refractivity contribution in [3.63, 3.8) is 0 Å². The molecular formula is C18H22N2O2. The van der Waals surface area contributed by atoms with Gasteiger partial charge in [-0.15, -0.1) is 0 Å². The topological polar surface area (TPSA) is 35.4 Å².